The smallest absolute Gasteiger partial charge is 0.263 e. The standard InChI is InChI=1S/C17H20N2OS/c18-15-5-3-13(4-6-15)12-14-7-9-19(10-8-14)17(20)16-2-1-11-21-16/h1-6,11,14H,7-10,12,18H2. The van der Waals surface area contributed by atoms with Gasteiger partial charge in [-0.05, 0) is 54.3 Å². The molecule has 1 aliphatic heterocycles. The predicted molar refractivity (Wildman–Crippen MR) is 87.5 cm³/mol. The molecule has 1 saturated heterocycles. The van der Waals surface area contributed by atoms with Crippen molar-refractivity contribution < 1.29 is 4.79 Å². The Labute approximate surface area is 129 Å². The maximum atomic E-state index is 12.3. The molecule has 0 radical (unpaired) electrons. The van der Waals surface area contributed by atoms with Gasteiger partial charge in [0.05, 0.1) is 4.88 Å². The van der Waals surface area contributed by atoms with Crippen LogP contribution in [0.5, 0.6) is 0 Å². The van der Waals surface area contributed by atoms with Crippen molar-refractivity contribution in [1.82, 2.24) is 4.90 Å². The number of amides is 1. The lowest BCUT2D eigenvalue weighted by Gasteiger charge is -2.31. The molecule has 21 heavy (non-hydrogen) atoms. The van der Waals surface area contributed by atoms with Gasteiger partial charge in [-0.1, -0.05) is 18.2 Å². The molecule has 1 aromatic heterocycles. The van der Waals surface area contributed by atoms with E-state index in [9.17, 15) is 4.79 Å². The molecule has 3 rings (SSSR count). The fourth-order valence-corrected chi connectivity index (χ4v) is 3.57. The minimum atomic E-state index is 0.191. The second-order valence-electron chi connectivity index (χ2n) is 5.66. The van der Waals surface area contributed by atoms with Crippen LogP contribution in [-0.4, -0.2) is 23.9 Å². The molecule has 0 bridgehead atoms. The maximum Gasteiger partial charge on any atom is 0.263 e. The van der Waals surface area contributed by atoms with Crippen molar-refractivity contribution in [3.63, 3.8) is 0 Å². The van der Waals surface area contributed by atoms with E-state index < -0.39 is 0 Å². The molecule has 4 heteroatoms. The van der Waals surface area contributed by atoms with Gasteiger partial charge in [0, 0.05) is 18.8 Å². The van der Waals surface area contributed by atoms with Crippen LogP contribution in [0, 0.1) is 5.92 Å². The third-order valence-electron chi connectivity index (χ3n) is 4.14. The van der Waals surface area contributed by atoms with Crippen LogP contribution in [0.3, 0.4) is 0 Å². The van der Waals surface area contributed by atoms with Gasteiger partial charge in [-0.2, -0.15) is 0 Å². The Morgan fingerprint density at radius 1 is 1.19 bits per heavy atom. The van der Waals surface area contributed by atoms with Crippen LogP contribution in [0.15, 0.2) is 41.8 Å². The van der Waals surface area contributed by atoms with Crippen LogP contribution in [0.25, 0.3) is 0 Å². The number of carbonyl (C=O) groups is 1. The molecule has 1 aromatic carbocycles. The van der Waals surface area contributed by atoms with Gasteiger partial charge in [-0.3, -0.25) is 4.79 Å². The highest BCUT2D eigenvalue weighted by Crippen LogP contribution is 2.24. The largest absolute Gasteiger partial charge is 0.399 e. The van der Waals surface area contributed by atoms with E-state index in [1.54, 1.807) is 0 Å². The van der Waals surface area contributed by atoms with E-state index in [1.807, 2.05) is 34.5 Å². The third-order valence-corrected chi connectivity index (χ3v) is 5.00. The van der Waals surface area contributed by atoms with Crippen LogP contribution < -0.4 is 5.73 Å². The lowest BCUT2D eigenvalue weighted by atomic mass is 9.90. The average Bonchev–Trinajstić information content (AvgIpc) is 3.04. The Hall–Kier alpha value is -1.81. The van der Waals surface area contributed by atoms with E-state index in [4.69, 9.17) is 5.73 Å². The second kappa shape index (κ2) is 6.31. The number of anilines is 1. The molecule has 0 unspecified atom stereocenters. The first-order valence-electron chi connectivity index (χ1n) is 7.39. The molecule has 1 aliphatic rings. The number of nitrogens with two attached hydrogens (primary N) is 1. The molecule has 2 heterocycles. The summed E-state index contributed by atoms with van der Waals surface area (Å²) < 4.78 is 0. The molecule has 0 saturated carbocycles. The van der Waals surface area contributed by atoms with Crippen LogP contribution in [0.2, 0.25) is 0 Å². The van der Waals surface area contributed by atoms with Gasteiger partial charge >= 0.3 is 0 Å². The highest BCUT2D eigenvalue weighted by molar-refractivity contribution is 7.12. The maximum absolute atomic E-state index is 12.3. The van der Waals surface area contributed by atoms with E-state index in [0.29, 0.717) is 5.92 Å². The highest BCUT2D eigenvalue weighted by atomic mass is 32.1. The van der Waals surface area contributed by atoms with Crippen molar-refractivity contribution in [1.29, 1.82) is 0 Å². The molecular formula is C17H20N2OS. The quantitative estimate of drug-likeness (QED) is 0.883. The summed E-state index contributed by atoms with van der Waals surface area (Å²) in [6.07, 6.45) is 3.25. The number of rotatable bonds is 3. The topological polar surface area (TPSA) is 46.3 Å². The van der Waals surface area contributed by atoms with Crippen molar-refractivity contribution in [2.24, 2.45) is 5.92 Å². The summed E-state index contributed by atoms with van der Waals surface area (Å²) in [7, 11) is 0. The molecule has 0 aliphatic carbocycles. The van der Waals surface area contributed by atoms with E-state index in [2.05, 4.69) is 12.1 Å². The lowest BCUT2D eigenvalue weighted by molar-refractivity contribution is 0.0695. The van der Waals surface area contributed by atoms with Crippen molar-refractivity contribution in [3.8, 4) is 0 Å². The summed E-state index contributed by atoms with van der Waals surface area (Å²) in [6.45, 7) is 1.74. The minimum Gasteiger partial charge on any atom is -0.399 e. The van der Waals surface area contributed by atoms with Gasteiger partial charge in [0.25, 0.3) is 5.91 Å². The SMILES string of the molecule is Nc1ccc(CC2CCN(C(=O)c3cccs3)CC2)cc1. The molecule has 1 fully saturated rings. The molecule has 0 atom stereocenters. The van der Waals surface area contributed by atoms with Gasteiger partial charge < -0.3 is 10.6 Å². The van der Waals surface area contributed by atoms with E-state index in [1.165, 1.54) is 16.9 Å². The average molecular weight is 300 g/mol. The molecule has 110 valence electrons. The van der Waals surface area contributed by atoms with Crippen LogP contribution in [0.1, 0.15) is 28.1 Å². The monoisotopic (exact) mass is 300 g/mol. The van der Waals surface area contributed by atoms with Crippen LogP contribution in [-0.2, 0) is 6.42 Å². The van der Waals surface area contributed by atoms with Gasteiger partial charge in [-0.25, -0.2) is 0 Å². The molecule has 3 nitrogen and oxygen atoms in total. The number of nitrogen functional groups attached to an aromatic ring is 1. The summed E-state index contributed by atoms with van der Waals surface area (Å²) in [4.78, 5) is 15.1. The third kappa shape index (κ3) is 3.45. The number of nitrogens with zero attached hydrogens (tertiary/aromatic N) is 1. The Morgan fingerprint density at radius 2 is 1.90 bits per heavy atom. The Balaban J connectivity index is 1.53. The number of likely N-dealkylation sites (tertiary alicyclic amines) is 1. The Kier molecular flexibility index (Phi) is 4.25. The minimum absolute atomic E-state index is 0.191. The number of carbonyl (C=O) groups excluding carboxylic acids is 1. The number of hydrogen-bond donors (Lipinski definition) is 1. The summed E-state index contributed by atoms with van der Waals surface area (Å²) in [5.41, 5.74) is 7.87. The molecule has 2 aromatic rings. The molecule has 2 N–H and O–H groups in total. The van der Waals surface area contributed by atoms with E-state index >= 15 is 0 Å². The molecular weight excluding hydrogens is 280 g/mol. The van der Waals surface area contributed by atoms with Crippen molar-refractivity contribution in [2.75, 3.05) is 18.8 Å². The fourth-order valence-electron chi connectivity index (χ4n) is 2.88. The lowest BCUT2D eigenvalue weighted by Crippen LogP contribution is -2.38. The first-order valence-corrected chi connectivity index (χ1v) is 8.27. The zero-order valence-corrected chi connectivity index (χ0v) is 12.8. The van der Waals surface area contributed by atoms with Gasteiger partial charge in [0.15, 0.2) is 0 Å². The van der Waals surface area contributed by atoms with Gasteiger partial charge in [0.1, 0.15) is 0 Å². The fraction of sp³-hybridized carbons (Fsp3) is 0.353. The van der Waals surface area contributed by atoms with Crippen molar-refractivity contribution in [2.45, 2.75) is 19.3 Å². The predicted octanol–water partition coefficient (Wildman–Crippen LogP) is 3.43. The van der Waals surface area contributed by atoms with Crippen LogP contribution >= 0.6 is 11.3 Å². The zero-order valence-electron chi connectivity index (χ0n) is 12.0. The van der Waals surface area contributed by atoms with Crippen molar-refractivity contribution >= 4 is 22.9 Å². The Morgan fingerprint density at radius 3 is 2.52 bits per heavy atom. The second-order valence-corrected chi connectivity index (χ2v) is 6.61. The van der Waals surface area contributed by atoms with E-state index in [-0.39, 0.29) is 5.91 Å². The molecule has 1 amide bonds. The number of benzene rings is 1. The molecule has 0 spiro atoms. The normalized spacial score (nSPS) is 16.1. The van der Waals surface area contributed by atoms with Crippen LogP contribution in [0.4, 0.5) is 5.69 Å². The summed E-state index contributed by atoms with van der Waals surface area (Å²) >= 11 is 1.53. The first-order chi connectivity index (χ1) is 10.2. The van der Waals surface area contributed by atoms with Gasteiger partial charge in [-0.15, -0.1) is 11.3 Å². The van der Waals surface area contributed by atoms with Gasteiger partial charge in [0.2, 0.25) is 0 Å². The highest BCUT2D eigenvalue weighted by Gasteiger charge is 2.24. The van der Waals surface area contributed by atoms with Crippen molar-refractivity contribution in [3.05, 3.63) is 52.2 Å². The number of hydrogen-bond acceptors (Lipinski definition) is 3. The summed E-state index contributed by atoms with van der Waals surface area (Å²) in [6, 6.07) is 12.0. The summed E-state index contributed by atoms with van der Waals surface area (Å²) in [5, 5.41) is 1.96. The number of piperidine rings is 1. The summed E-state index contributed by atoms with van der Waals surface area (Å²) in [5.74, 6) is 0.858. The zero-order chi connectivity index (χ0) is 14.7. The van der Waals surface area contributed by atoms with E-state index in [0.717, 1.165) is 42.9 Å². The Bertz CT molecular complexity index is 584. The first kappa shape index (κ1) is 14.1. The number of thiophene rings is 1.